The van der Waals surface area contributed by atoms with Gasteiger partial charge in [0.2, 0.25) is 0 Å². The molecule has 0 saturated carbocycles. The molecule has 0 fully saturated rings. The summed E-state index contributed by atoms with van der Waals surface area (Å²) in [6.07, 6.45) is 2.23. The summed E-state index contributed by atoms with van der Waals surface area (Å²) in [6.45, 7) is 2.21. The molecule has 0 atom stereocenters. The number of hydrogen-bond donors (Lipinski definition) is 0. The summed E-state index contributed by atoms with van der Waals surface area (Å²) in [5.74, 6) is 1.94. The van der Waals surface area contributed by atoms with Crippen LogP contribution in [0.2, 0.25) is 0 Å². The summed E-state index contributed by atoms with van der Waals surface area (Å²) in [7, 11) is 7.04. The average Bonchev–Trinajstić information content (AvgIpc) is 2.34. The molecule has 0 spiro atoms. The van der Waals surface area contributed by atoms with Gasteiger partial charge in [-0.15, -0.1) is 0 Å². The predicted octanol–water partition coefficient (Wildman–Crippen LogP) is -2.17. The first kappa shape index (κ1) is 6.88. The molecule has 1 aliphatic heterocycles. The third kappa shape index (κ3) is 1.58. The Labute approximate surface area is 58.8 Å². The van der Waals surface area contributed by atoms with Crippen LogP contribution in [0.1, 0.15) is 0 Å². The molecule has 0 unspecified atom stereocenters. The van der Waals surface area contributed by atoms with Gasteiger partial charge in [-0.1, -0.05) is 0 Å². The minimum absolute atomic E-state index is 1.10. The van der Waals surface area contributed by atoms with Crippen LogP contribution in [0.3, 0.4) is 0 Å². The van der Waals surface area contributed by atoms with Gasteiger partial charge >= 0.3 is 58.0 Å². The van der Waals surface area contributed by atoms with Gasteiger partial charge in [0, 0.05) is 0 Å². The monoisotopic (exact) mass is 117 g/mol. The van der Waals surface area contributed by atoms with Crippen LogP contribution in [0.15, 0.2) is 11.6 Å². The zero-order valence-corrected chi connectivity index (χ0v) is 5.93. The molecule has 0 bridgehead atoms. The molecule has 1 aliphatic rings. The van der Waals surface area contributed by atoms with Crippen molar-refractivity contribution in [3.05, 3.63) is 11.6 Å². The van der Waals surface area contributed by atoms with Gasteiger partial charge in [0.25, 0.3) is 0 Å². The Morgan fingerprint density at radius 1 is 1.89 bits per heavy atom. The van der Waals surface area contributed by atoms with Crippen LogP contribution in [-0.4, -0.2) is 46.4 Å². The van der Waals surface area contributed by atoms with E-state index in [1.54, 1.807) is 0 Å². The molecular weight excluding hydrogens is 106 g/mol. The molecule has 0 aliphatic carbocycles. The summed E-state index contributed by atoms with van der Waals surface area (Å²) in [4.78, 5) is 2.37. The van der Waals surface area contributed by atoms with E-state index in [9.17, 15) is 0 Å². The van der Waals surface area contributed by atoms with E-state index in [0.717, 1.165) is 20.4 Å². The fourth-order valence-electron chi connectivity index (χ4n) is 1.02. The molecule has 0 amide bonds. The average molecular weight is 117 g/mol. The standard InChI is InChI=1S/C5H10B3N/c6-3-5-1-2-9(4-5)8-7/h1,3,6,8H,2,4,7H2. The van der Waals surface area contributed by atoms with Crippen molar-refractivity contribution in [3.63, 3.8) is 0 Å². The van der Waals surface area contributed by atoms with Gasteiger partial charge in [0.1, 0.15) is 0 Å². The molecule has 9 heavy (non-hydrogen) atoms. The summed E-state index contributed by atoms with van der Waals surface area (Å²) >= 11 is 0. The summed E-state index contributed by atoms with van der Waals surface area (Å²) in [5.41, 5.74) is 1.37. The van der Waals surface area contributed by atoms with Crippen LogP contribution >= 0.6 is 0 Å². The third-order valence-electron chi connectivity index (χ3n) is 1.73. The van der Waals surface area contributed by atoms with Crippen molar-refractivity contribution < 1.29 is 0 Å². The minimum atomic E-state index is 1.10. The molecule has 0 N–H and O–H groups in total. The fraction of sp³-hybridized carbons (Fsp3) is 0.400. The van der Waals surface area contributed by atoms with Crippen LogP contribution in [0.4, 0.5) is 0 Å². The summed E-state index contributed by atoms with van der Waals surface area (Å²) < 4.78 is 0. The van der Waals surface area contributed by atoms with Gasteiger partial charge < -0.3 is 0 Å². The van der Waals surface area contributed by atoms with Gasteiger partial charge in [-0.2, -0.15) is 0 Å². The zero-order chi connectivity index (χ0) is 6.69. The molecule has 1 nitrogen and oxygen atoms in total. The van der Waals surface area contributed by atoms with E-state index in [0.29, 0.717) is 0 Å². The van der Waals surface area contributed by atoms with Crippen molar-refractivity contribution in [2.75, 3.05) is 13.1 Å². The molecule has 44 valence electrons. The van der Waals surface area contributed by atoms with Crippen molar-refractivity contribution in [2.45, 2.75) is 0 Å². The molecule has 4 heteroatoms. The van der Waals surface area contributed by atoms with Crippen molar-refractivity contribution in [1.82, 2.24) is 4.81 Å². The normalized spacial score (nSPS) is 19.2. The van der Waals surface area contributed by atoms with E-state index in [2.05, 4.69) is 26.1 Å². The quantitative estimate of drug-likeness (QED) is 0.372. The van der Waals surface area contributed by atoms with Gasteiger partial charge in [-0.3, -0.25) is 0 Å². The van der Waals surface area contributed by atoms with Crippen LogP contribution in [0, 0.1) is 0 Å². The Morgan fingerprint density at radius 3 is 3.00 bits per heavy atom. The fourth-order valence-corrected chi connectivity index (χ4v) is 1.02. The van der Waals surface area contributed by atoms with Gasteiger partial charge in [0.15, 0.2) is 0 Å². The predicted molar refractivity (Wildman–Crippen MR) is 48.6 cm³/mol. The molecule has 0 saturated heterocycles. The third-order valence-corrected chi connectivity index (χ3v) is 1.73. The molecule has 1 rings (SSSR count). The first-order chi connectivity index (χ1) is 4.36. The molecular formula is C5H10B3N. The Kier molecular flexibility index (Phi) is 2.34. The Hall–Kier alpha value is -0.235. The maximum atomic E-state index is 3.72. The summed E-state index contributed by atoms with van der Waals surface area (Å²) in [5, 5.41) is 0. The van der Waals surface area contributed by atoms with Crippen LogP contribution in [0.5, 0.6) is 0 Å². The Bertz CT molecular complexity index is 143. The van der Waals surface area contributed by atoms with E-state index >= 15 is 0 Å². The van der Waals surface area contributed by atoms with E-state index in [-0.39, 0.29) is 0 Å². The van der Waals surface area contributed by atoms with Crippen molar-refractivity contribution in [1.29, 1.82) is 0 Å². The van der Waals surface area contributed by atoms with Crippen LogP contribution in [-0.2, 0) is 0 Å². The molecule has 0 aromatic rings. The van der Waals surface area contributed by atoms with Crippen molar-refractivity contribution in [2.24, 2.45) is 0 Å². The number of nitrogens with zero attached hydrogens (tertiary/aromatic N) is 1. The number of hydrogen-bond acceptors (Lipinski definition) is 1. The maximum absolute atomic E-state index is 3.72. The first-order valence-electron chi connectivity index (χ1n) is 3.40. The van der Waals surface area contributed by atoms with Crippen molar-refractivity contribution in [3.8, 4) is 0 Å². The summed E-state index contributed by atoms with van der Waals surface area (Å²) in [6, 6.07) is 0. The molecule has 0 aromatic carbocycles. The topological polar surface area (TPSA) is 3.24 Å². The van der Waals surface area contributed by atoms with Crippen LogP contribution < -0.4 is 0 Å². The van der Waals surface area contributed by atoms with Gasteiger partial charge in [-0.25, -0.2) is 0 Å². The van der Waals surface area contributed by atoms with E-state index < -0.39 is 0 Å². The zero-order valence-electron chi connectivity index (χ0n) is 5.93. The second-order valence-corrected chi connectivity index (χ2v) is 2.31. The second-order valence-electron chi connectivity index (χ2n) is 2.31. The second kappa shape index (κ2) is 3.07. The van der Waals surface area contributed by atoms with Crippen LogP contribution in [0.25, 0.3) is 0 Å². The molecule has 1 heterocycles. The Balaban J connectivity index is 2.39. The SMILES string of the molecule is B=CC1=CCN(BB)C1. The number of rotatable bonds is 2. The van der Waals surface area contributed by atoms with Gasteiger partial charge in [0.05, 0.1) is 0 Å². The molecule has 0 aromatic heterocycles. The van der Waals surface area contributed by atoms with E-state index in [4.69, 9.17) is 0 Å². The van der Waals surface area contributed by atoms with Crippen molar-refractivity contribution >= 4 is 28.5 Å². The van der Waals surface area contributed by atoms with E-state index in [1.807, 2.05) is 5.97 Å². The Morgan fingerprint density at radius 2 is 2.67 bits per heavy atom. The first-order valence-corrected chi connectivity index (χ1v) is 3.40. The van der Waals surface area contributed by atoms with Gasteiger partial charge in [-0.05, 0) is 0 Å². The van der Waals surface area contributed by atoms with E-state index in [1.165, 1.54) is 5.57 Å². The molecule has 0 radical (unpaired) electrons.